The van der Waals surface area contributed by atoms with Crippen LogP contribution < -0.4 is 10.6 Å². The molecule has 0 amide bonds. The van der Waals surface area contributed by atoms with Crippen molar-refractivity contribution < 1.29 is 8.78 Å². The summed E-state index contributed by atoms with van der Waals surface area (Å²) in [5.41, 5.74) is 0.691. The van der Waals surface area contributed by atoms with E-state index in [-0.39, 0.29) is 5.56 Å². The van der Waals surface area contributed by atoms with E-state index >= 15 is 0 Å². The minimum Gasteiger partial charge on any atom is -0.384 e. The van der Waals surface area contributed by atoms with E-state index in [1.165, 1.54) is 25.0 Å². The fourth-order valence-corrected chi connectivity index (χ4v) is 2.42. The first-order valence-corrected chi connectivity index (χ1v) is 6.57. The average Bonchev–Trinajstić information content (AvgIpc) is 2.38. The molecular weight excluding hydrogens is 258 g/mol. The van der Waals surface area contributed by atoms with Gasteiger partial charge in [0, 0.05) is 12.1 Å². The van der Waals surface area contributed by atoms with Gasteiger partial charge in [0.25, 0.3) is 6.43 Å². The topological polar surface area (TPSA) is 24.1 Å². The molecule has 1 aromatic rings. The Bertz CT molecular complexity index is 393. The van der Waals surface area contributed by atoms with Gasteiger partial charge in [0.2, 0.25) is 0 Å². The van der Waals surface area contributed by atoms with Crippen molar-refractivity contribution in [3.8, 4) is 0 Å². The van der Waals surface area contributed by atoms with Gasteiger partial charge in [0.05, 0.1) is 10.7 Å². The normalized spacial score (nSPS) is 20.1. The van der Waals surface area contributed by atoms with Gasteiger partial charge in [0.15, 0.2) is 0 Å². The summed E-state index contributed by atoms with van der Waals surface area (Å²) in [5, 5.41) is 6.93. The molecule has 1 aromatic carbocycles. The lowest BCUT2D eigenvalue weighted by Gasteiger charge is -2.23. The third-order valence-electron chi connectivity index (χ3n) is 3.23. The molecular formula is C13H17ClF2N2. The maximum Gasteiger partial charge on any atom is 0.263 e. The Morgan fingerprint density at radius 2 is 2.28 bits per heavy atom. The number of nitrogens with one attached hydrogen (secondary N) is 2. The Morgan fingerprint density at radius 3 is 2.89 bits per heavy atom. The average molecular weight is 275 g/mol. The summed E-state index contributed by atoms with van der Waals surface area (Å²) in [6.45, 7) is 2.90. The lowest BCUT2D eigenvalue weighted by Crippen LogP contribution is -2.33. The zero-order valence-corrected chi connectivity index (χ0v) is 10.8. The van der Waals surface area contributed by atoms with Crippen molar-refractivity contribution in [2.24, 2.45) is 5.92 Å². The van der Waals surface area contributed by atoms with Gasteiger partial charge >= 0.3 is 0 Å². The zero-order valence-electron chi connectivity index (χ0n) is 10.1. The molecule has 0 saturated carbocycles. The van der Waals surface area contributed by atoms with Gasteiger partial charge in [-0.1, -0.05) is 17.7 Å². The molecule has 0 spiro atoms. The second kappa shape index (κ2) is 6.34. The molecule has 1 fully saturated rings. The van der Waals surface area contributed by atoms with E-state index in [4.69, 9.17) is 11.6 Å². The molecule has 1 aliphatic rings. The molecule has 5 heteroatoms. The summed E-state index contributed by atoms with van der Waals surface area (Å²) >= 11 is 5.98. The van der Waals surface area contributed by atoms with Crippen LogP contribution in [-0.2, 0) is 0 Å². The zero-order chi connectivity index (χ0) is 13.0. The number of anilines is 1. The van der Waals surface area contributed by atoms with Crippen molar-refractivity contribution in [2.45, 2.75) is 19.3 Å². The van der Waals surface area contributed by atoms with E-state index in [2.05, 4.69) is 10.6 Å². The van der Waals surface area contributed by atoms with E-state index in [1.807, 2.05) is 0 Å². The lowest BCUT2D eigenvalue weighted by molar-refractivity contribution is 0.151. The number of hydrogen-bond donors (Lipinski definition) is 2. The SMILES string of the molecule is FC(F)c1ccc(NCC2CCCNC2)c(Cl)c1. The van der Waals surface area contributed by atoms with Crippen LogP contribution >= 0.6 is 11.6 Å². The summed E-state index contributed by atoms with van der Waals surface area (Å²) in [6, 6.07) is 4.37. The van der Waals surface area contributed by atoms with Crippen molar-refractivity contribution >= 4 is 17.3 Å². The quantitative estimate of drug-likeness (QED) is 0.875. The van der Waals surface area contributed by atoms with E-state index in [1.54, 1.807) is 6.07 Å². The number of benzene rings is 1. The molecule has 0 aliphatic carbocycles. The van der Waals surface area contributed by atoms with Gasteiger partial charge in [0.1, 0.15) is 0 Å². The minimum atomic E-state index is -2.47. The highest BCUT2D eigenvalue weighted by molar-refractivity contribution is 6.33. The van der Waals surface area contributed by atoms with Crippen molar-refractivity contribution in [1.29, 1.82) is 0 Å². The van der Waals surface area contributed by atoms with Gasteiger partial charge in [-0.2, -0.15) is 0 Å². The van der Waals surface area contributed by atoms with E-state index < -0.39 is 6.43 Å². The maximum atomic E-state index is 12.5. The van der Waals surface area contributed by atoms with Crippen molar-refractivity contribution in [2.75, 3.05) is 25.0 Å². The lowest BCUT2D eigenvalue weighted by atomic mass is 10.00. The Hall–Kier alpha value is -0.870. The Morgan fingerprint density at radius 1 is 1.44 bits per heavy atom. The monoisotopic (exact) mass is 274 g/mol. The fourth-order valence-electron chi connectivity index (χ4n) is 2.16. The molecule has 1 heterocycles. The van der Waals surface area contributed by atoms with Crippen LogP contribution in [0, 0.1) is 5.92 Å². The second-order valence-electron chi connectivity index (χ2n) is 4.63. The second-order valence-corrected chi connectivity index (χ2v) is 5.04. The molecule has 0 aromatic heterocycles. The van der Waals surface area contributed by atoms with Crippen LogP contribution in [0.15, 0.2) is 18.2 Å². The third-order valence-corrected chi connectivity index (χ3v) is 3.54. The predicted octanol–water partition coefficient (Wildman–Crippen LogP) is 3.69. The molecule has 0 radical (unpaired) electrons. The highest BCUT2D eigenvalue weighted by atomic mass is 35.5. The van der Waals surface area contributed by atoms with Crippen molar-refractivity contribution in [3.05, 3.63) is 28.8 Å². The first kappa shape index (κ1) is 13.6. The smallest absolute Gasteiger partial charge is 0.263 e. The molecule has 2 rings (SSSR count). The molecule has 1 saturated heterocycles. The van der Waals surface area contributed by atoms with Gasteiger partial charge in [-0.05, 0) is 44.0 Å². The highest BCUT2D eigenvalue weighted by Crippen LogP contribution is 2.28. The van der Waals surface area contributed by atoms with E-state index in [9.17, 15) is 8.78 Å². The van der Waals surface area contributed by atoms with Crippen LogP contribution in [0.1, 0.15) is 24.8 Å². The third kappa shape index (κ3) is 3.56. The van der Waals surface area contributed by atoms with Gasteiger partial charge in [-0.25, -0.2) is 8.78 Å². The first-order valence-electron chi connectivity index (χ1n) is 6.19. The standard InChI is InChI=1S/C13H17ClF2N2/c14-11-6-10(13(15)16)3-4-12(11)18-8-9-2-1-5-17-7-9/h3-4,6,9,13,17-18H,1-2,5,7-8H2. The molecule has 1 unspecified atom stereocenters. The molecule has 18 heavy (non-hydrogen) atoms. The number of piperidine rings is 1. The largest absolute Gasteiger partial charge is 0.384 e. The summed E-state index contributed by atoms with van der Waals surface area (Å²) in [5.74, 6) is 0.574. The molecule has 100 valence electrons. The van der Waals surface area contributed by atoms with Crippen LogP contribution in [0.3, 0.4) is 0 Å². The Kier molecular flexibility index (Phi) is 4.78. The molecule has 2 nitrogen and oxygen atoms in total. The van der Waals surface area contributed by atoms with Crippen LogP contribution in [0.2, 0.25) is 5.02 Å². The minimum absolute atomic E-state index is 0.0371. The maximum absolute atomic E-state index is 12.5. The van der Waals surface area contributed by atoms with Crippen LogP contribution in [-0.4, -0.2) is 19.6 Å². The number of alkyl halides is 2. The van der Waals surface area contributed by atoms with E-state index in [0.29, 0.717) is 10.9 Å². The van der Waals surface area contributed by atoms with Crippen LogP contribution in [0.4, 0.5) is 14.5 Å². The first-order chi connectivity index (χ1) is 8.66. The predicted molar refractivity (Wildman–Crippen MR) is 70.5 cm³/mol. The van der Waals surface area contributed by atoms with Gasteiger partial charge in [-0.3, -0.25) is 0 Å². The van der Waals surface area contributed by atoms with Crippen molar-refractivity contribution in [3.63, 3.8) is 0 Å². The Labute approximate surface area is 111 Å². The Balaban J connectivity index is 1.92. The van der Waals surface area contributed by atoms with E-state index in [0.717, 1.165) is 25.3 Å². The number of rotatable bonds is 4. The summed E-state index contributed by atoms with van der Waals surface area (Å²) in [6.07, 6.45) is -0.101. The molecule has 1 aliphatic heterocycles. The highest BCUT2D eigenvalue weighted by Gasteiger charge is 2.14. The molecule has 2 N–H and O–H groups in total. The van der Waals surface area contributed by atoms with Crippen molar-refractivity contribution in [1.82, 2.24) is 5.32 Å². The van der Waals surface area contributed by atoms with Gasteiger partial charge < -0.3 is 10.6 Å². The molecule has 1 atom stereocenters. The van der Waals surface area contributed by atoms with Crippen LogP contribution in [0.5, 0.6) is 0 Å². The fraction of sp³-hybridized carbons (Fsp3) is 0.538. The van der Waals surface area contributed by atoms with Crippen LogP contribution in [0.25, 0.3) is 0 Å². The summed E-state index contributed by atoms with van der Waals surface area (Å²) < 4.78 is 24.9. The number of halogens is 3. The number of hydrogen-bond acceptors (Lipinski definition) is 2. The molecule has 0 bridgehead atoms. The van der Waals surface area contributed by atoms with Gasteiger partial charge in [-0.15, -0.1) is 0 Å². The summed E-state index contributed by atoms with van der Waals surface area (Å²) in [4.78, 5) is 0. The summed E-state index contributed by atoms with van der Waals surface area (Å²) in [7, 11) is 0.